The maximum atomic E-state index is 12.6. The molecule has 6 heteroatoms. The van der Waals surface area contributed by atoms with Gasteiger partial charge < -0.3 is 14.9 Å². The smallest absolute Gasteiger partial charge is 0.253 e. The van der Waals surface area contributed by atoms with Gasteiger partial charge in [-0.05, 0) is 30.5 Å². The molecule has 1 saturated heterocycles. The number of aliphatic hydroxyl groups is 1. The van der Waals surface area contributed by atoms with Crippen molar-refractivity contribution in [2.24, 2.45) is 5.92 Å². The molecule has 132 valence electrons. The van der Waals surface area contributed by atoms with Crippen molar-refractivity contribution in [1.82, 2.24) is 9.80 Å². The van der Waals surface area contributed by atoms with Crippen LogP contribution >= 0.6 is 11.6 Å². The van der Waals surface area contributed by atoms with Crippen LogP contribution in [0.25, 0.3) is 0 Å². The standard InChI is InChI=1S/C18H25ClN2O3/c1-13(2)10-16(12-22)21-9-8-20(7-6-17(21)23)18(24)14-4-3-5-15(19)11-14/h3-5,11,13,16,22H,6-10,12H2,1-2H3/t16-/m0/s1. The molecule has 1 aliphatic rings. The summed E-state index contributed by atoms with van der Waals surface area (Å²) in [5.74, 6) is 0.273. The lowest BCUT2D eigenvalue weighted by molar-refractivity contribution is -0.133. The van der Waals surface area contributed by atoms with Crippen molar-refractivity contribution in [1.29, 1.82) is 0 Å². The Balaban J connectivity index is 2.08. The minimum atomic E-state index is -0.182. The summed E-state index contributed by atoms with van der Waals surface area (Å²) in [6.07, 6.45) is 1.03. The van der Waals surface area contributed by atoms with Crippen LogP contribution in [-0.2, 0) is 4.79 Å². The summed E-state index contributed by atoms with van der Waals surface area (Å²) < 4.78 is 0. The van der Waals surface area contributed by atoms with Crippen LogP contribution in [0, 0.1) is 5.92 Å². The number of amides is 2. The zero-order valence-corrected chi connectivity index (χ0v) is 15.0. The predicted octanol–water partition coefficient (Wildman–Crippen LogP) is 2.42. The Bertz CT molecular complexity index is 591. The quantitative estimate of drug-likeness (QED) is 0.885. The molecule has 1 N–H and O–H groups in total. The Morgan fingerprint density at radius 2 is 2.04 bits per heavy atom. The van der Waals surface area contributed by atoms with E-state index in [1.165, 1.54) is 0 Å². The number of benzene rings is 1. The van der Waals surface area contributed by atoms with Crippen molar-refractivity contribution >= 4 is 23.4 Å². The van der Waals surface area contributed by atoms with Crippen LogP contribution in [0.2, 0.25) is 5.02 Å². The van der Waals surface area contributed by atoms with E-state index in [0.29, 0.717) is 36.1 Å². The Morgan fingerprint density at radius 1 is 1.29 bits per heavy atom. The lowest BCUT2D eigenvalue weighted by Crippen LogP contribution is -2.44. The first-order valence-corrected chi connectivity index (χ1v) is 8.75. The van der Waals surface area contributed by atoms with Crippen LogP contribution in [0.1, 0.15) is 37.0 Å². The number of halogens is 1. The van der Waals surface area contributed by atoms with Crippen LogP contribution in [0.4, 0.5) is 0 Å². The van der Waals surface area contributed by atoms with Gasteiger partial charge in [0.1, 0.15) is 0 Å². The monoisotopic (exact) mass is 352 g/mol. The van der Waals surface area contributed by atoms with Gasteiger partial charge in [0.2, 0.25) is 5.91 Å². The third kappa shape index (κ3) is 4.71. The van der Waals surface area contributed by atoms with E-state index in [4.69, 9.17) is 11.6 Å². The second-order valence-electron chi connectivity index (χ2n) is 6.61. The molecule has 2 amide bonds. The van der Waals surface area contributed by atoms with E-state index >= 15 is 0 Å². The average molecular weight is 353 g/mol. The van der Waals surface area contributed by atoms with E-state index in [2.05, 4.69) is 13.8 Å². The Kier molecular flexibility index (Phi) is 6.63. The fourth-order valence-corrected chi connectivity index (χ4v) is 3.27. The van der Waals surface area contributed by atoms with E-state index in [1.807, 2.05) is 0 Å². The Labute approximate surface area is 148 Å². The first-order valence-electron chi connectivity index (χ1n) is 8.37. The van der Waals surface area contributed by atoms with Crippen molar-refractivity contribution in [3.8, 4) is 0 Å². The van der Waals surface area contributed by atoms with Crippen LogP contribution in [-0.4, -0.2) is 59.0 Å². The second kappa shape index (κ2) is 8.49. The van der Waals surface area contributed by atoms with Crippen molar-refractivity contribution in [2.45, 2.75) is 32.7 Å². The highest BCUT2D eigenvalue weighted by atomic mass is 35.5. The van der Waals surface area contributed by atoms with Crippen LogP contribution in [0.15, 0.2) is 24.3 Å². The lowest BCUT2D eigenvalue weighted by atomic mass is 10.0. The van der Waals surface area contributed by atoms with E-state index in [1.54, 1.807) is 34.1 Å². The topological polar surface area (TPSA) is 60.9 Å². The number of carbonyl (C=O) groups excluding carboxylic acids is 2. The Morgan fingerprint density at radius 3 is 2.67 bits per heavy atom. The molecule has 2 rings (SSSR count). The van der Waals surface area contributed by atoms with Gasteiger partial charge in [0, 0.05) is 36.6 Å². The fraction of sp³-hybridized carbons (Fsp3) is 0.556. The van der Waals surface area contributed by atoms with Gasteiger partial charge in [-0.15, -0.1) is 0 Å². The normalized spacial score (nSPS) is 17.1. The molecule has 24 heavy (non-hydrogen) atoms. The summed E-state index contributed by atoms with van der Waals surface area (Å²) in [7, 11) is 0. The van der Waals surface area contributed by atoms with Crippen molar-refractivity contribution in [2.75, 3.05) is 26.2 Å². The fourth-order valence-electron chi connectivity index (χ4n) is 3.08. The first-order chi connectivity index (χ1) is 11.4. The molecule has 1 aliphatic heterocycles. The average Bonchev–Trinajstić information content (AvgIpc) is 2.74. The highest BCUT2D eigenvalue weighted by molar-refractivity contribution is 6.30. The van der Waals surface area contributed by atoms with E-state index in [-0.39, 0.29) is 30.9 Å². The number of hydrogen-bond acceptors (Lipinski definition) is 3. The lowest BCUT2D eigenvalue weighted by Gasteiger charge is -2.30. The number of rotatable bonds is 5. The largest absolute Gasteiger partial charge is 0.394 e. The number of aliphatic hydroxyl groups excluding tert-OH is 1. The van der Waals surface area contributed by atoms with E-state index in [0.717, 1.165) is 6.42 Å². The third-order valence-electron chi connectivity index (χ3n) is 4.28. The van der Waals surface area contributed by atoms with Crippen LogP contribution < -0.4 is 0 Å². The summed E-state index contributed by atoms with van der Waals surface area (Å²) in [6, 6.07) is 6.66. The second-order valence-corrected chi connectivity index (χ2v) is 7.04. The van der Waals surface area contributed by atoms with E-state index in [9.17, 15) is 14.7 Å². The molecule has 0 saturated carbocycles. The molecule has 5 nitrogen and oxygen atoms in total. The highest BCUT2D eigenvalue weighted by Crippen LogP contribution is 2.18. The van der Waals surface area contributed by atoms with E-state index < -0.39 is 0 Å². The molecule has 0 radical (unpaired) electrons. The van der Waals surface area contributed by atoms with Crippen molar-refractivity contribution in [3.63, 3.8) is 0 Å². The molecular weight excluding hydrogens is 328 g/mol. The van der Waals surface area contributed by atoms with Gasteiger partial charge in [-0.2, -0.15) is 0 Å². The van der Waals surface area contributed by atoms with Gasteiger partial charge in [-0.25, -0.2) is 0 Å². The highest BCUT2D eigenvalue weighted by Gasteiger charge is 2.29. The predicted molar refractivity (Wildman–Crippen MR) is 94.0 cm³/mol. The van der Waals surface area contributed by atoms with Crippen molar-refractivity contribution < 1.29 is 14.7 Å². The van der Waals surface area contributed by atoms with Gasteiger partial charge >= 0.3 is 0 Å². The number of carbonyl (C=O) groups is 2. The molecule has 0 bridgehead atoms. The molecule has 0 aliphatic carbocycles. The van der Waals surface area contributed by atoms with Gasteiger partial charge in [-0.3, -0.25) is 9.59 Å². The summed E-state index contributed by atoms with van der Waals surface area (Å²) >= 11 is 5.95. The molecule has 0 aromatic heterocycles. The molecule has 1 aromatic carbocycles. The molecular formula is C18H25ClN2O3. The number of hydrogen-bond donors (Lipinski definition) is 1. The summed E-state index contributed by atoms with van der Waals surface area (Å²) in [5.41, 5.74) is 0.532. The zero-order valence-electron chi connectivity index (χ0n) is 14.2. The number of nitrogens with zero attached hydrogens (tertiary/aromatic N) is 2. The molecule has 1 atom stereocenters. The molecule has 1 aromatic rings. The summed E-state index contributed by atoms with van der Waals surface area (Å²) in [5, 5.41) is 10.2. The van der Waals surface area contributed by atoms with Crippen LogP contribution in [0.3, 0.4) is 0 Å². The molecule has 1 heterocycles. The van der Waals surface area contributed by atoms with Crippen molar-refractivity contribution in [3.05, 3.63) is 34.9 Å². The maximum absolute atomic E-state index is 12.6. The minimum absolute atomic E-state index is 0.00362. The summed E-state index contributed by atoms with van der Waals surface area (Å²) in [4.78, 5) is 28.4. The first kappa shape index (κ1) is 18.7. The third-order valence-corrected chi connectivity index (χ3v) is 4.52. The molecule has 0 spiro atoms. The SMILES string of the molecule is CC(C)C[C@@H](CO)N1CCN(C(=O)c2cccc(Cl)c2)CCC1=O. The van der Waals surface area contributed by atoms with Gasteiger partial charge in [-0.1, -0.05) is 31.5 Å². The van der Waals surface area contributed by atoms with Crippen LogP contribution in [0.5, 0.6) is 0 Å². The van der Waals surface area contributed by atoms with Gasteiger partial charge in [0.25, 0.3) is 5.91 Å². The van der Waals surface area contributed by atoms with Gasteiger partial charge in [0.05, 0.1) is 12.6 Å². The zero-order chi connectivity index (χ0) is 17.7. The Hall–Kier alpha value is -1.59. The molecule has 1 fully saturated rings. The van der Waals surface area contributed by atoms with Gasteiger partial charge in [0.15, 0.2) is 0 Å². The summed E-state index contributed by atoms with van der Waals surface area (Å²) in [6.45, 7) is 5.39. The minimum Gasteiger partial charge on any atom is -0.394 e. The maximum Gasteiger partial charge on any atom is 0.253 e. The molecule has 0 unspecified atom stereocenters.